The third kappa shape index (κ3) is 14.6. The van der Waals surface area contributed by atoms with Gasteiger partial charge in [-0.2, -0.15) is 0 Å². The van der Waals surface area contributed by atoms with Crippen LogP contribution in [0.3, 0.4) is 0 Å². The van der Waals surface area contributed by atoms with Crippen LogP contribution in [0.4, 0.5) is 0 Å². The van der Waals surface area contributed by atoms with Crippen molar-refractivity contribution in [3.8, 4) is 0 Å². The van der Waals surface area contributed by atoms with Gasteiger partial charge in [-0.15, -0.1) is 8.86 Å². The van der Waals surface area contributed by atoms with E-state index in [0.717, 1.165) is 0 Å². The van der Waals surface area contributed by atoms with E-state index in [1.54, 1.807) is 0 Å². The first-order valence-electron chi connectivity index (χ1n) is 15.2. The quantitative estimate of drug-likeness (QED) is 0.0694. The summed E-state index contributed by atoms with van der Waals surface area (Å²) in [6.45, 7) is 10.9. The van der Waals surface area contributed by atoms with Crippen LogP contribution in [0, 0.1) is 12.1 Å². The Morgan fingerprint density at radius 2 is 0.562 bits per heavy atom. The first-order valence-corrected chi connectivity index (χ1v) is 20.7. The molecule has 48 heavy (non-hydrogen) atoms. The molecule has 0 atom stereocenters. The molecule has 0 unspecified atom stereocenters. The smallest absolute Gasteiger partial charge is 0.0134 e. The molecule has 6 aromatic rings. The van der Waals surface area contributed by atoms with Gasteiger partial charge in [-0.3, -0.25) is 0 Å². The molecule has 0 fully saturated rings. The molecule has 0 heterocycles. The molecule has 0 saturated heterocycles. The molecule has 245 valence electrons. The molecule has 0 radical (unpaired) electrons. The van der Waals surface area contributed by atoms with E-state index in [2.05, 4.69) is 228 Å². The van der Waals surface area contributed by atoms with E-state index in [-0.39, 0.29) is 0 Å². The number of hydrogen-bond donors (Lipinski definition) is 0. The van der Waals surface area contributed by atoms with Gasteiger partial charge in [0, 0.05) is 0 Å². The summed E-state index contributed by atoms with van der Waals surface area (Å²) < 4.78 is 7.50. The van der Waals surface area contributed by atoms with Crippen LogP contribution in [0.2, 0.25) is 0 Å². The molecule has 1 nitrogen and oxygen atoms in total. The van der Waals surface area contributed by atoms with Crippen molar-refractivity contribution in [2.45, 2.75) is 20.8 Å². The predicted molar refractivity (Wildman–Crippen MR) is 214 cm³/mol. The van der Waals surface area contributed by atoms with Gasteiger partial charge >= 0.3 is 38.3 Å². The Morgan fingerprint density at radius 3 is 0.667 bits per heavy atom. The molecule has 0 spiro atoms. The molecule has 0 aliphatic heterocycles. The molecule has 0 amide bonds. The number of benzene rings is 6. The van der Waals surface area contributed by atoms with Gasteiger partial charge in [0.25, 0.3) is 0 Å². The Labute approximate surface area is 307 Å². The minimum Gasteiger partial charge on any atom is -0.0622 e. The van der Waals surface area contributed by atoms with E-state index >= 15 is 0 Å². The van der Waals surface area contributed by atoms with Crippen LogP contribution in [-0.2, 0) is 22.0 Å². The van der Waals surface area contributed by atoms with E-state index in [1.807, 2.05) is 23.1 Å². The minimum absolute atomic E-state index is 0.330. The molecule has 0 bridgehead atoms. The zero-order valence-corrected chi connectivity index (χ0v) is 32.7. The third-order valence-electron chi connectivity index (χ3n) is 6.52. The van der Waals surface area contributed by atoms with Gasteiger partial charge in [-0.25, -0.2) is 0 Å². The van der Waals surface area contributed by atoms with Crippen molar-refractivity contribution in [3.63, 3.8) is 0 Å². The third-order valence-corrected chi connectivity index (χ3v) is 12.3. The van der Waals surface area contributed by atoms with E-state index < -0.39 is 15.8 Å². The molecule has 0 N–H and O–H groups in total. The van der Waals surface area contributed by atoms with Gasteiger partial charge in [-0.05, 0) is 53.1 Å². The first kappa shape index (κ1) is 41.2. The fraction of sp³-hybridized carbons (Fsp3) is 0.0952. The standard InChI is InChI=1S/2C18H15P.C5H11P.CO.ClH.Ru/c2*1-4-10-16(11-5-1)19(17-12-6-2-7-13-17)18-14-8-3-9-15-18;1-5(2,3)4-6;1-2;;/h2*1-15H;4,6H,1-3H3;;1H;/q;;;;;+1/p-1. The second-order valence-electron chi connectivity index (χ2n) is 11.2. The van der Waals surface area contributed by atoms with Crippen LogP contribution in [0.5, 0.6) is 0 Å². The molecular formula is C42H41ClOP3Ru. The summed E-state index contributed by atoms with van der Waals surface area (Å²) in [5, 5.41) is 8.39. The molecule has 0 aliphatic carbocycles. The van der Waals surface area contributed by atoms with Crippen LogP contribution < -0.4 is 31.8 Å². The monoisotopic (exact) mass is 791 g/mol. The summed E-state index contributed by atoms with van der Waals surface area (Å²) in [6.07, 6.45) is 0. The molecule has 6 heteroatoms. The fourth-order valence-electron chi connectivity index (χ4n) is 4.36. The number of hydrogen-bond acceptors (Lipinski definition) is 0. The molecule has 6 rings (SSSR count). The van der Waals surface area contributed by atoms with E-state index in [4.69, 9.17) is 4.65 Å². The van der Waals surface area contributed by atoms with E-state index in [9.17, 15) is 0 Å². The van der Waals surface area contributed by atoms with E-state index in [1.165, 1.54) is 31.8 Å². The van der Waals surface area contributed by atoms with Crippen molar-refractivity contribution < 1.29 is 22.0 Å². The maximum atomic E-state index is 7.50. The number of rotatable bonds is 6. The largest absolute Gasteiger partial charge is 0.0622 e. The fourth-order valence-corrected chi connectivity index (χ4v) is 8.97. The average molecular weight is 791 g/mol. The average Bonchev–Trinajstić information content (AvgIpc) is 3.16. The topological polar surface area (TPSA) is 19.9 Å². The maximum Gasteiger partial charge on any atom is -0.0134 e. The van der Waals surface area contributed by atoms with Crippen molar-refractivity contribution in [3.05, 3.63) is 189 Å². The van der Waals surface area contributed by atoms with Crippen molar-refractivity contribution >= 4 is 72.0 Å². The van der Waals surface area contributed by atoms with Crippen molar-refractivity contribution in [1.29, 1.82) is 0 Å². The van der Waals surface area contributed by atoms with Gasteiger partial charge in [-0.1, -0.05) is 209 Å². The van der Waals surface area contributed by atoms with Crippen LogP contribution >= 0.6 is 34.4 Å². The Morgan fingerprint density at radius 1 is 0.438 bits per heavy atom. The van der Waals surface area contributed by atoms with E-state index in [0.29, 0.717) is 5.41 Å². The second-order valence-corrected chi connectivity index (χ2v) is 15.9. The van der Waals surface area contributed by atoms with Crippen LogP contribution in [-0.4, -0.2) is 5.80 Å². The Hall–Kier alpha value is -3.00. The molecule has 0 aliphatic rings. The Bertz CT molecular complexity index is 1380. The SMILES string of the molecule is CC(C)(C)C=P.[C-]#[O+].[Cl][Ru].c1ccc(P(c2ccccc2)c2ccccc2)cc1.c1ccc(P(c2ccccc2)c2ccccc2)cc1. The van der Waals surface area contributed by atoms with Crippen molar-refractivity contribution in [1.82, 2.24) is 0 Å². The van der Waals surface area contributed by atoms with Gasteiger partial charge in [0.15, 0.2) is 0 Å². The van der Waals surface area contributed by atoms with Gasteiger partial charge in [0.05, 0.1) is 0 Å². The summed E-state index contributed by atoms with van der Waals surface area (Å²) in [5.74, 6) is 1.99. The van der Waals surface area contributed by atoms with Crippen molar-refractivity contribution in [2.75, 3.05) is 0 Å². The molecule has 0 aromatic heterocycles. The summed E-state index contributed by atoms with van der Waals surface area (Å²) in [7, 11) is 6.96. The second kappa shape index (κ2) is 24.2. The Balaban J connectivity index is 0.000000263. The van der Waals surface area contributed by atoms with Gasteiger partial charge < -0.3 is 0 Å². The zero-order chi connectivity index (χ0) is 35.0. The predicted octanol–water partition coefficient (Wildman–Crippen LogP) is 9.52. The van der Waals surface area contributed by atoms with Crippen molar-refractivity contribution in [2.24, 2.45) is 5.41 Å². The Kier molecular flexibility index (Phi) is 20.7. The molecule has 6 aromatic carbocycles. The normalized spacial score (nSPS) is 9.94. The van der Waals surface area contributed by atoms with Crippen LogP contribution in [0.1, 0.15) is 20.8 Å². The van der Waals surface area contributed by atoms with Gasteiger partial charge in [0.2, 0.25) is 0 Å². The van der Waals surface area contributed by atoms with Crippen LogP contribution in [0.15, 0.2) is 182 Å². The summed E-state index contributed by atoms with van der Waals surface area (Å²) >= 11 is 1.82. The summed E-state index contributed by atoms with van der Waals surface area (Å²) in [6, 6.07) is 64.7. The van der Waals surface area contributed by atoms with Gasteiger partial charge in [0.1, 0.15) is 0 Å². The maximum absolute atomic E-state index is 7.50. The molecule has 0 saturated carbocycles. The zero-order valence-electron chi connectivity index (χ0n) is 27.4. The number of halogens is 1. The first-order chi connectivity index (χ1) is 23.5. The van der Waals surface area contributed by atoms with Crippen LogP contribution in [0.25, 0.3) is 0 Å². The minimum atomic E-state index is -0.446. The summed E-state index contributed by atoms with van der Waals surface area (Å²) in [5.41, 5.74) is 0.330. The summed E-state index contributed by atoms with van der Waals surface area (Å²) in [4.78, 5) is 0. The molecular weight excluding hydrogens is 750 g/mol.